The number of pyridine rings is 1. The number of oxime groups is 1. The van der Waals surface area contributed by atoms with Gasteiger partial charge >= 0.3 is 0 Å². The van der Waals surface area contributed by atoms with Gasteiger partial charge in [-0.1, -0.05) is 12.1 Å². The van der Waals surface area contributed by atoms with Crippen LogP contribution in [-0.4, -0.2) is 28.6 Å². The first-order valence-corrected chi connectivity index (χ1v) is 6.23. The molecule has 0 radical (unpaired) electrons. The summed E-state index contributed by atoms with van der Waals surface area (Å²) in [5, 5.41) is 11.9. The zero-order chi connectivity index (χ0) is 13.7. The van der Waals surface area contributed by atoms with Crippen molar-refractivity contribution in [1.82, 2.24) is 4.98 Å². The average Bonchev–Trinajstić information content (AvgIpc) is 2.34. The molecule has 1 aromatic rings. The third-order valence-electron chi connectivity index (χ3n) is 2.76. The predicted octanol–water partition coefficient (Wildman–Crippen LogP) is 2.11. The number of aromatic nitrogens is 1. The lowest BCUT2D eigenvalue weighted by molar-refractivity contribution is 0.318. The van der Waals surface area contributed by atoms with Gasteiger partial charge in [-0.15, -0.1) is 0 Å². The molecule has 3 N–H and O–H groups in total. The van der Waals surface area contributed by atoms with Crippen LogP contribution in [0.1, 0.15) is 38.4 Å². The molecule has 0 amide bonds. The number of nitrogens with two attached hydrogens (primary N) is 1. The third kappa shape index (κ3) is 3.12. The van der Waals surface area contributed by atoms with Gasteiger partial charge in [0.05, 0.1) is 5.56 Å². The van der Waals surface area contributed by atoms with Crippen LogP contribution < -0.4 is 10.6 Å². The lowest BCUT2D eigenvalue weighted by Crippen LogP contribution is -2.34. The SMILES string of the molecule is CCCN(c1nc(C)ccc1C(N)=NO)C(C)C. The van der Waals surface area contributed by atoms with E-state index in [4.69, 9.17) is 10.9 Å². The molecule has 0 aliphatic carbocycles. The van der Waals surface area contributed by atoms with E-state index in [0.717, 1.165) is 24.5 Å². The Morgan fingerprint density at radius 1 is 1.50 bits per heavy atom. The third-order valence-corrected chi connectivity index (χ3v) is 2.76. The fourth-order valence-corrected chi connectivity index (χ4v) is 1.87. The summed E-state index contributed by atoms with van der Waals surface area (Å²) in [6.45, 7) is 9.16. The van der Waals surface area contributed by atoms with Crippen molar-refractivity contribution in [1.29, 1.82) is 0 Å². The van der Waals surface area contributed by atoms with Gasteiger partial charge in [0.25, 0.3) is 0 Å². The molecule has 0 spiro atoms. The van der Waals surface area contributed by atoms with Gasteiger partial charge in [-0.25, -0.2) is 4.98 Å². The normalized spacial score (nSPS) is 11.9. The Hall–Kier alpha value is -1.78. The van der Waals surface area contributed by atoms with E-state index in [1.54, 1.807) is 0 Å². The first-order valence-electron chi connectivity index (χ1n) is 6.23. The van der Waals surface area contributed by atoms with Gasteiger partial charge in [0, 0.05) is 18.3 Å². The number of amidine groups is 1. The number of anilines is 1. The highest BCUT2D eigenvalue weighted by atomic mass is 16.4. The largest absolute Gasteiger partial charge is 0.409 e. The van der Waals surface area contributed by atoms with Gasteiger partial charge in [-0.3, -0.25) is 0 Å². The molecule has 1 heterocycles. The van der Waals surface area contributed by atoms with Crippen LogP contribution in [0.3, 0.4) is 0 Å². The molecule has 0 aliphatic rings. The molecule has 0 saturated carbocycles. The highest BCUT2D eigenvalue weighted by Gasteiger charge is 2.17. The topological polar surface area (TPSA) is 74.7 Å². The molecule has 1 rings (SSSR count). The predicted molar refractivity (Wildman–Crippen MR) is 74.3 cm³/mol. The zero-order valence-electron chi connectivity index (χ0n) is 11.5. The second-order valence-corrected chi connectivity index (χ2v) is 4.60. The lowest BCUT2D eigenvalue weighted by Gasteiger charge is -2.29. The highest BCUT2D eigenvalue weighted by Crippen LogP contribution is 2.21. The van der Waals surface area contributed by atoms with Crippen LogP contribution >= 0.6 is 0 Å². The highest BCUT2D eigenvalue weighted by molar-refractivity contribution is 6.01. The van der Waals surface area contributed by atoms with E-state index in [-0.39, 0.29) is 5.84 Å². The fraction of sp³-hybridized carbons (Fsp3) is 0.538. The Bertz CT molecular complexity index is 429. The molecule has 0 saturated heterocycles. The summed E-state index contributed by atoms with van der Waals surface area (Å²) in [6.07, 6.45) is 1.02. The van der Waals surface area contributed by atoms with Gasteiger partial charge in [-0.05, 0) is 39.3 Å². The summed E-state index contributed by atoms with van der Waals surface area (Å²) < 4.78 is 0. The fourth-order valence-electron chi connectivity index (χ4n) is 1.87. The van der Waals surface area contributed by atoms with Crippen LogP contribution in [0.2, 0.25) is 0 Å². The number of hydrogen-bond donors (Lipinski definition) is 2. The molecule has 0 fully saturated rings. The van der Waals surface area contributed by atoms with Gasteiger partial charge in [-0.2, -0.15) is 0 Å². The molecule has 18 heavy (non-hydrogen) atoms. The standard InChI is InChI=1S/C13H22N4O/c1-5-8-17(9(2)3)13-11(12(14)16-18)7-6-10(4)15-13/h6-7,9,18H,5,8H2,1-4H3,(H2,14,16). The molecule has 100 valence electrons. The van der Waals surface area contributed by atoms with Gasteiger partial charge in [0.2, 0.25) is 0 Å². The van der Waals surface area contributed by atoms with E-state index in [9.17, 15) is 0 Å². The van der Waals surface area contributed by atoms with Crippen molar-refractivity contribution in [2.45, 2.75) is 40.2 Å². The minimum absolute atomic E-state index is 0.0965. The average molecular weight is 250 g/mol. The molecular weight excluding hydrogens is 228 g/mol. The summed E-state index contributed by atoms with van der Waals surface area (Å²) >= 11 is 0. The quantitative estimate of drug-likeness (QED) is 0.363. The van der Waals surface area contributed by atoms with Crippen molar-refractivity contribution in [2.75, 3.05) is 11.4 Å². The number of hydrogen-bond acceptors (Lipinski definition) is 4. The zero-order valence-corrected chi connectivity index (χ0v) is 11.5. The molecule has 0 aliphatic heterocycles. The molecule has 1 aromatic heterocycles. The molecule has 5 nitrogen and oxygen atoms in total. The summed E-state index contributed by atoms with van der Waals surface area (Å²) in [7, 11) is 0. The van der Waals surface area contributed by atoms with Crippen LogP contribution in [0.15, 0.2) is 17.3 Å². The summed E-state index contributed by atoms with van der Waals surface area (Å²) in [6, 6.07) is 4.02. The summed E-state index contributed by atoms with van der Waals surface area (Å²) in [4.78, 5) is 6.70. The molecule has 0 bridgehead atoms. The molecular formula is C13H22N4O. The monoisotopic (exact) mass is 250 g/mol. The van der Waals surface area contributed by atoms with Gasteiger partial charge in [0.15, 0.2) is 5.84 Å². The second kappa shape index (κ2) is 6.23. The Kier molecular flexibility index (Phi) is 4.95. The van der Waals surface area contributed by atoms with Crippen molar-refractivity contribution in [2.24, 2.45) is 10.9 Å². The van der Waals surface area contributed by atoms with Crippen molar-refractivity contribution in [3.8, 4) is 0 Å². The van der Waals surface area contributed by atoms with Crippen LogP contribution in [0, 0.1) is 6.92 Å². The Labute approximate surface area is 108 Å². The van der Waals surface area contributed by atoms with Crippen LogP contribution in [-0.2, 0) is 0 Å². The number of nitrogens with zero attached hydrogens (tertiary/aromatic N) is 3. The minimum Gasteiger partial charge on any atom is -0.409 e. The van der Waals surface area contributed by atoms with Crippen LogP contribution in [0.25, 0.3) is 0 Å². The van der Waals surface area contributed by atoms with Crippen LogP contribution in [0.4, 0.5) is 5.82 Å². The number of aryl methyl sites for hydroxylation is 1. The van der Waals surface area contributed by atoms with Crippen molar-refractivity contribution < 1.29 is 5.21 Å². The van der Waals surface area contributed by atoms with E-state index >= 15 is 0 Å². The van der Waals surface area contributed by atoms with Crippen molar-refractivity contribution >= 4 is 11.7 Å². The van der Waals surface area contributed by atoms with Gasteiger partial charge < -0.3 is 15.8 Å². The van der Waals surface area contributed by atoms with Crippen LogP contribution in [0.5, 0.6) is 0 Å². The Balaban J connectivity index is 3.30. The summed E-state index contributed by atoms with van der Waals surface area (Å²) in [5.41, 5.74) is 7.30. The maximum atomic E-state index is 8.85. The van der Waals surface area contributed by atoms with E-state index in [1.807, 2.05) is 19.1 Å². The molecule has 0 aromatic carbocycles. The minimum atomic E-state index is 0.0965. The Morgan fingerprint density at radius 3 is 2.67 bits per heavy atom. The van der Waals surface area contributed by atoms with E-state index in [1.165, 1.54) is 0 Å². The molecule has 0 unspecified atom stereocenters. The molecule has 5 heteroatoms. The van der Waals surface area contributed by atoms with Crippen molar-refractivity contribution in [3.63, 3.8) is 0 Å². The molecule has 0 atom stereocenters. The van der Waals surface area contributed by atoms with Gasteiger partial charge in [0.1, 0.15) is 5.82 Å². The van der Waals surface area contributed by atoms with E-state index in [0.29, 0.717) is 11.6 Å². The maximum Gasteiger partial charge on any atom is 0.173 e. The number of rotatable bonds is 5. The maximum absolute atomic E-state index is 8.85. The second-order valence-electron chi connectivity index (χ2n) is 4.60. The Morgan fingerprint density at radius 2 is 2.17 bits per heavy atom. The van der Waals surface area contributed by atoms with Crippen molar-refractivity contribution in [3.05, 3.63) is 23.4 Å². The van der Waals surface area contributed by atoms with E-state index < -0.39 is 0 Å². The smallest absolute Gasteiger partial charge is 0.173 e. The lowest BCUT2D eigenvalue weighted by atomic mass is 10.1. The first kappa shape index (κ1) is 14.3. The summed E-state index contributed by atoms with van der Waals surface area (Å²) in [5.74, 6) is 0.876. The van der Waals surface area contributed by atoms with E-state index in [2.05, 4.69) is 35.8 Å². The first-order chi connectivity index (χ1) is 8.51.